The minimum absolute atomic E-state index is 0.0437. The van der Waals surface area contributed by atoms with Crippen LogP contribution in [0.2, 0.25) is 0 Å². The van der Waals surface area contributed by atoms with Gasteiger partial charge in [0.25, 0.3) is 0 Å². The largest absolute Gasteiger partial charge is 0.326 e. The van der Waals surface area contributed by atoms with E-state index in [0.29, 0.717) is 17.8 Å². The highest BCUT2D eigenvalue weighted by Gasteiger charge is 2.03. The lowest BCUT2D eigenvalue weighted by atomic mass is 10.2. The van der Waals surface area contributed by atoms with Crippen LogP contribution in [0.5, 0.6) is 0 Å². The summed E-state index contributed by atoms with van der Waals surface area (Å²) in [6, 6.07) is 14.2. The fourth-order valence-electron chi connectivity index (χ4n) is 1.82. The molecule has 3 N–H and O–H groups in total. The van der Waals surface area contributed by atoms with Crippen molar-refractivity contribution in [1.82, 2.24) is 0 Å². The maximum absolute atomic E-state index is 11.9. The van der Waals surface area contributed by atoms with E-state index in [4.69, 9.17) is 0 Å². The molecule has 0 saturated carbocycles. The van der Waals surface area contributed by atoms with E-state index < -0.39 is 0 Å². The third-order valence-corrected chi connectivity index (χ3v) is 3.06. The van der Waals surface area contributed by atoms with Gasteiger partial charge in [0, 0.05) is 23.5 Å². The summed E-state index contributed by atoms with van der Waals surface area (Å²) in [4.78, 5) is 23.2. The molecule has 0 atom stereocenters. The first-order chi connectivity index (χ1) is 10.6. The van der Waals surface area contributed by atoms with Gasteiger partial charge < -0.3 is 16.0 Å². The standard InChI is InChI=1S/C17H19N3O2/c1-3-16(21)18-13-8-10-15(11-9-13)20-17(22)19-14-6-4-12(2)5-7-14/h4-11H,3H2,1-2H3,(H,18,21)(H2,19,20,22). The highest BCUT2D eigenvalue weighted by Crippen LogP contribution is 2.15. The number of urea groups is 1. The fourth-order valence-corrected chi connectivity index (χ4v) is 1.82. The molecule has 0 heterocycles. The van der Waals surface area contributed by atoms with Crippen LogP contribution in [0.4, 0.5) is 21.9 Å². The van der Waals surface area contributed by atoms with Gasteiger partial charge in [0.15, 0.2) is 0 Å². The van der Waals surface area contributed by atoms with E-state index in [2.05, 4.69) is 16.0 Å². The highest BCUT2D eigenvalue weighted by atomic mass is 16.2. The van der Waals surface area contributed by atoms with Crippen molar-refractivity contribution in [3.8, 4) is 0 Å². The van der Waals surface area contributed by atoms with Gasteiger partial charge in [-0.1, -0.05) is 24.6 Å². The second kappa shape index (κ2) is 7.26. The summed E-state index contributed by atoms with van der Waals surface area (Å²) in [7, 11) is 0. The summed E-state index contributed by atoms with van der Waals surface area (Å²) in [5.41, 5.74) is 3.22. The monoisotopic (exact) mass is 297 g/mol. The van der Waals surface area contributed by atoms with Crippen LogP contribution in [-0.4, -0.2) is 11.9 Å². The van der Waals surface area contributed by atoms with Crippen LogP contribution in [0, 0.1) is 6.92 Å². The molecule has 3 amide bonds. The quantitative estimate of drug-likeness (QED) is 0.798. The van der Waals surface area contributed by atoms with Crippen LogP contribution < -0.4 is 16.0 Å². The average molecular weight is 297 g/mol. The van der Waals surface area contributed by atoms with Gasteiger partial charge in [-0.15, -0.1) is 0 Å². The summed E-state index contributed by atoms with van der Waals surface area (Å²) >= 11 is 0. The molecule has 22 heavy (non-hydrogen) atoms. The maximum atomic E-state index is 11.9. The van der Waals surface area contributed by atoms with Crippen molar-refractivity contribution in [2.75, 3.05) is 16.0 Å². The predicted octanol–water partition coefficient (Wildman–Crippen LogP) is 3.99. The molecule has 0 fully saturated rings. The first-order valence-electron chi connectivity index (χ1n) is 7.11. The molecule has 2 rings (SSSR count). The van der Waals surface area contributed by atoms with Crippen molar-refractivity contribution in [2.24, 2.45) is 0 Å². The molecule has 114 valence electrons. The highest BCUT2D eigenvalue weighted by molar-refractivity contribution is 6.00. The van der Waals surface area contributed by atoms with Gasteiger partial charge in [-0.05, 0) is 43.3 Å². The van der Waals surface area contributed by atoms with Gasteiger partial charge in [-0.2, -0.15) is 0 Å². The van der Waals surface area contributed by atoms with Gasteiger partial charge in [0.1, 0.15) is 0 Å². The van der Waals surface area contributed by atoms with Crippen LogP contribution in [0.15, 0.2) is 48.5 Å². The van der Waals surface area contributed by atoms with Crippen LogP contribution in [0.3, 0.4) is 0 Å². The van der Waals surface area contributed by atoms with E-state index in [-0.39, 0.29) is 11.9 Å². The van der Waals surface area contributed by atoms with E-state index in [1.807, 2.05) is 31.2 Å². The third kappa shape index (κ3) is 4.63. The van der Waals surface area contributed by atoms with Gasteiger partial charge in [0.05, 0.1) is 0 Å². The SMILES string of the molecule is CCC(=O)Nc1ccc(NC(=O)Nc2ccc(C)cc2)cc1. The van der Waals surface area contributed by atoms with E-state index in [0.717, 1.165) is 11.3 Å². The van der Waals surface area contributed by atoms with E-state index in [9.17, 15) is 9.59 Å². The van der Waals surface area contributed by atoms with Gasteiger partial charge >= 0.3 is 6.03 Å². The Bertz CT molecular complexity index is 649. The topological polar surface area (TPSA) is 70.2 Å². The van der Waals surface area contributed by atoms with Crippen molar-refractivity contribution in [2.45, 2.75) is 20.3 Å². The molecule has 0 bridgehead atoms. The zero-order chi connectivity index (χ0) is 15.9. The molecule has 0 aromatic heterocycles. The first-order valence-corrected chi connectivity index (χ1v) is 7.11. The molecule has 5 heteroatoms. The molecular weight excluding hydrogens is 278 g/mol. The number of carbonyl (C=O) groups is 2. The summed E-state index contributed by atoms with van der Waals surface area (Å²) < 4.78 is 0. The Labute approximate surface area is 129 Å². The summed E-state index contributed by atoms with van der Waals surface area (Å²) in [6.45, 7) is 3.78. The van der Waals surface area contributed by atoms with E-state index in [1.54, 1.807) is 31.2 Å². The maximum Gasteiger partial charge on any atom is 0.323 e. The predicted molar refractivity (Wildman–Crippen MR) is 89.2 cm³/mol. The number of anilines is 3. The number of aryl methyl sites for hydroxylation is 1. The average Bonchev–Trinajstić information content (AvgIpc) is 2.51. The molecule has 2 aromatic rings. The summed E-state index contributed by atoms with van der Waals surface area (Å²) in [5.74, 6) is -0.0437. The van der Waals surface area contributed by atoms with Gasteiger partial charge in [0.2, 0.25) is 5.91 Å². The number of nitrogens with one attached hydrogen (secondary N) is 3. The number of benzene rings is 2. The summed E-state index contributed by atoms with van der Waals surface area (Å²) in [5, 5.41) is 8.24. The molecule has 0 aliphatic rings. The molecule has 0 unspecified atom stereocenters. The Morgan fingerprint density at radius 1 is 0.773 bits per heavy atom. The number of hydrogen-bond donors (Lipinski definition) is 3. The van der Waals surface area contributed by atoms with Crippen molar-refractivity contribution in [3.05, 3.63) is 54.1 Å². The van der Waals surface area contributed by atoms with Crippen molar-refractivity contribution < 1.29 is 9.59 Å². The Kier molecular flexibility index (Phi) is 5.14. The van der Waals surface area contributed by atoms with E-state index >= 15 is 0 Å². The Morgan fingerprint density at radius 2 is 1.18 bits per heavy atom. The lowest BCUT2D eigenvalue weighted by molar-refractivity contribution is -0.115. The van der Waals surface area contributed by atoms with Crippen LogP contribution in [0.25, 0.3) is 0 Å². The van der Waals surface area contributed by atoms with Crippen molar-refractivity contribution >= 4 is 29.0 Å². The second-order valence-corrected chi connectivity index (χ2v) is 4.92. The molecule has 0 aliphatic carbocycles. The zero-order valence-electron chi connectivity index (χ0n) is 12.6. The molecule has 2 aromatic carbocycles. The number of hydrogen-bond acceptors (Lipinski definition) is 2. The second-order valence-electron chi connectivity index (χ2n) is 4.92. The Morgan fingerprint density at radius 3 is 1.64 bits per heavy atom. The fraction of sp³-hybridized carbons (Fsp3) is 0.176. The summed E-state index contributed by atoms with van der Waals surface area (Å²) in [6.07, 6.45) is 0.430. The smallest absolute Gasteiger partial charge is 0.323 e. The molecule has 0 saturated heterocycles. The zero-order valence-corrected chi connectivity index (χ0v) is 12.6. The van der Waals surface area contributed by atoms with Crippen LogP contribution in [-0.2, 0) is 4.79 Å². The third-order valence-electron chi connectivity index (χ3n) is 3.06. The molecule has 0 radical (unpaired) electrons. The lowest BCUT2D eigenvalue weighted by Crippen LogP contribution is -2.19. The normalized spacial score (nSPS) is 9.91. The number of amides is 3. The molecule has 5 nitrogen and oxygen atoms in total. The lowest BCUT2D eigenvalue weighted by Gasteiger charge is -2.09. The Hall–Kier alpha value is -2.82. The van der Waals surface area contributed by atoms with Crippen molar-refractivity contribution in [1.29, 1.82) is 0 Å². The van der Waals surface area contributed by atoms with Crippen LogP contribution >= 0.6 is 0 Å². The minimum atomic E-state index is -0.311. The first kappa shape index (κ1) is 15.6. The van der Waals surface area contributed by atoms with Gasteiger partial charge in [-0.25, -0.2) is 4.79 Å². The number of rotatable bonds is 4. The number of carbonyl (C=O) groups excluding carboxylic acids is 2. The molecule has 0 aliphatic heterocycles. The van der Waals surface area contributed by atoms with E-state index in [1.165, 1.54) is 0 Å². The molecule has 0 spiro atoms. The van der Waals surface area contributed by atoms with Crippen LogP contribution in [0.1, 0.15) is 18.9 Å². The Balaban J connectivity index is 1.91. The minimum Gasteiger partial charge on any atom is -0.326 e. The van der Waals surface area contributed by atoms with Crippen molar-refractivity contribution in [3.63, 3.8) is 0 Å². The molecular formula is C17H19N3O2. The van der Waals surface area contributed by atoms with Gasteiger partial charge in [-0.3, -0.25) is 4.79 Å².